The van der Waals surface area contributed by atoms with Crippen LogP contribution in [-0.4, -0.2) is 37.0 Å². The van der Waals surface area contributed by atoms with Crippen molar-refractivity contribution in [2.75, 3.05) is 13.2 Å². The highest BCUT2D eigenvalue weighted by Crippen LogP contribution is 2.21. The summed E-state index contributed by atoms with van der Waals surface area (Å²) >= 11 is 0. The van der Waals surface area contributed by atoms with Crippen LogP contribution in [0.2, 0.25) is 0 Å². The summed E-state index contributed by atoms with van der Waals surface area (Å²) in [4.78, 5) is 0. The molecule has 1 saturated heterocycles. The minimum Gasteiger partial charge on any atom is -0.395 e. The zero-order valence-electron chi connectivity index (χ0n) is 11.5. The minimum absolute atomic E-state index is 0.113. The van der Waals surface area contributed by atoms with Gasteiger partial charge in [0.15, 0.2) is 0 Å². The zero-order valence-corrected chi connectivity index (χ0v) is 12.3. The van der Waals surface area contributed by atoms with Gasteiger partial charge in [0.1, 0.15) is 0 Å². The number of rotatable bonds is 4. The molecule has 110 valence electrons. The van der Waals surface area contributed by atoms with Crippen LogP contribution in [0, 0.1) is 0 Å². The van der Waals surface area contributed by atoms with Gasteiger partial charge in [-0.3, -0.25) is 0 Å². The summed E-state index contributed by atoms with van der Waals surface area (Å²) in [6.07, 6.45) is 5.18. The molecule has 1 N–H and O–H groups in total. The van der Waals surface area contributed by atoms with Gasteiger partial charge in [-0.25, -0.2) is 8.42 Å². The average Bonchev–Trinajstić information content (AvgIpc) is 2.72. The Hall–Kier alpha value is -1.17. The molecule has 1 aliphatic rings. The van der Waals surface area contributed by atoms with Crippen molar-refractivity contribution in [2.24, 2.45) is 0 Å². The molecule has 1 aliphatic heterocycles. The van der Waals surface area contributed by atoms with Crippen LogP contribution in [0.1, 0.15) is 31.2 Å². The Kier molecular flexibility index (Phi) is 5.34. The van der Waals surface area contributed by atoms with Crippen LogP contribution in [0.15, 0.2) is 35.7 Å². The van der Waals surface area contributed by atoms with Crippen molar-refractivity contribution >= 4 is 16.1 Å². The first kappa shape index (κ1) is 15.2. The van der Waals surface area contributed by atoms with E-state index in [2.05, 4.69) is 0 Å². The summed E-state index contributed by atoms with van der Waals surface area (Å²) < 4.78 is 26.3. The fraction of sp³-hybridized carbons (Fsp3) is 0.467. The number of nitrogens with zero attached hydrogens (tertiary/aromatic N) is 1. The van der Waals surface area contributed by atoms with Crippen LogP contribution in [-0.2, 0) is 10.0 Å². The Morgan fingerprint density at radius 1 is 1.20 bits per heavy atom. The van der Waals surface area contributed by atoms with Gasteiger partial charge in [-0.05, 0) is 24.5 Å². The van der Waals surface area contributed by atoms with Gasteiger partial charge in [0.2, 0.25) is 10.0 Å². The third kappa shape index (κ3) is 3.91. The Labute approximate surface area is 120 Å². The van der Waals surface area contributed by atoms with Crippen molar-refractivity contribution < 1.29 is 13.5 Å². The number of hydrogen-bond acceptors (Lipinski definition) is 3. The molecule has 5 heteroatoms. The molecule has 0 aliphatic carbocycles. The van der Waals surface area contributed by atoms with Gasteiger partial charge in [0.25, 0.3) is 0 Å². The Bertz CT molecular complexity index is 539. The first-order chi connectivity index (χ1) is 9.63. The third-order valence-electron chi connectivity index (χ3n) is 3.59. The van der Waals surface area contributed by atoms with Crippen molar-refractivity contribution in [3.05, 3.63) is 41.3 Å². The van der Waals surface area contributed by atoms with Crippen molar-refractivity contribution in [3.63, 3.8) is 0 Å². The number of sulfonamides is 1. The smallest absolute Gasteiger partial charge is 0.236 e. The van der Waals surface area contributed by atoms with Gasteiger partial charge in [0.05, 0.1) is 6.61 Å². The fourth-order valence-electron chi connectivity index (χ4n) is 2.48. The molecular formula is C15H21NO3S. The molecule has 2 rings (SSSR count). The maximum absolute atomic E-state index is 12.4. The first-order valence-electron chi connectivity index (χ1n) is 6.99. The summed E-state index contributed by atoms with van der Waals surface area (Å²) in [7, 11) is -3.47. The van der Waals surface area contributed by atoms with E-state index in [1.807, 2.05) is 30.3 Å². The number of aliphatic hydroxyl groups excluding tert-OH is 1. The van der Waals surface area contributed by atoms with Crippen LogP contribution < -0.4 is 0 Å². The van der Waals surface area contributed by atoms with E-state index < -0.39 is 10.0 Å². The Balaban J connectivity index is 2.17. The fourth-order valence-corrected chi connectivity index (χ4v) is 3.93. The lowest BCUT2D eigenvalue weighted by Crippen LogP contribution is -2.40. The molecule has 0 spiro atoms. The topological polar surface area (TPSA) is 57.6 Å². The highest BCUT2D eigenvalue weighted by atomic mass is 32.2. The minimum atomic E-state index is -3.47. The second kappa shape index (κ2) is 7.02. The molecular weight excluding hydrogens is 274 g/mol. The standard InChI is InChI=1S/C15H21NO3S/c17-13-15-9-5-2-6-11-16(15)20(18,19)12-10-14-7-3-1-4-8-14/h1,3-4,7-8,10,12,15,17H,2,5-6,9,11,13H2/b12-10+. The summed E-state index contributed by atoms with van der Waals surface area (Å²) in [6.45, 7) is 0.380. The summed E-state index contributed by atoms with van der Waals surface area (Å²) in [5, 5.41) is 10.7. The lowest BCUT2D eigenvalue weighted by molar-refractivity contribution is 0.187. The van der Waals surface area contributed by atoms with Crippen LogP contribution in [0.25, 0.3) is 6.08 Å². The van der Waals surface area contributed by atoms with Crippen molar-refractivity contribution in [3.8, 4) is 0 Å². The molecule has 1 atom stereocenters. The van der Waals surface area contributed by atoms with Crippen LogP contribution in [0.4, 0.5) is 0 Å². The number of aliphatic hydroxyl groups is 1. The molecule has 20 heavy (non-hydrogen) atoms. The maximum atomic E-state index is 12.4. The van der Waals surface area contributed by atoms with E-state index in [-0.39, 0.29) is 12.6 Å². The summed E-state index contributed by atoms with van der Waals surface area (Å²) in [6, 6.07) is 9.06. The van der Waals surface area contributed by atoms with Crippen molar-refractivity contribution in [2.45, 2.75) is 31.7 Å². The first-order valence-corrected chi connectivity index (χ1v) is 8.49. The highest BCUT2D eigenvalue weighted by Gasteiger charge is 2.28. The molecule has 1 unspecified atom stereocenters. The predicted octanol–water partition coefficient (Wildman–Crippen LogP) is 2.22. The van der Waals surface area contributed by atoms with Gasteiger partial charge in [-0.1, -0.05) is 43.2 Å². The molecule has 0 saturated carbocycles. The predicted molar refractivity (Wildman–Crippen MR) is 80.4 cm³/mol. The molecule has 0 bridgehead atoms. The van der Waals surface area contributed by atoms with E-state index in [1.54, 1.807) is 6.08 Å². The van der Waals surface area contributed by atoms with Crippen LogP contribution >= 0.6 is 0 Å². The third-order valence-corrected chi connectivity index (χ3v) is 5.21. The summed E-state index contributed by atoms with van der Waals surface area (Å²) in [5.74, 6) is 0. The van der Waals surface area contributed by atoms with Gasteiger partial charge in [-0.15, -0.1) is 0 Å². The van der Waals surface area contributed by atoms with E-state index in [9.17, 15) is 13.5 Å². The lowest BCUT2D eigenvalue weighted by Gasteiger charge is -2.26. The molecule has 4 nitrogen and oxygen atoms in total. The Morgan fingerprint density at radius 2 is 1.95 bits per heavy atom. The van der Waals surface area contributed by atoms with Gasteiger partial charge >= 0.3 is 0 Å². The molecule has 1 aromatic carbocycles. The number of hydrogen-bond donors (Lipinski definition) is 1. The SMILES string of the molecule is O=S(=O)(/C=C/c1ccccc1)N1CCCCCC1CO. The van der Waals surface area contributed by atoms with Gasteiger partial charge in [0, 0.05) is 18.0 Å². The highest BCUT2D eigenvalue weighted by molar-refractivity contribution is 7.92. The maximum Gasteiger partial charge on any atom is 0.236 e. The van der Waals surface area contributed by atoms with E-state index >= 15 is 0 Å². The van der Waals surface area contributed by atoms with E-state index in [0.29, 0.717) is 6.54 Å². The largest absolute Gasteiger partial charge is 0.395 e. The molecule has 0 amide bonds. The van der Waals surface area contributed by atoms with E-state index in [4.69, 9.17) is 0 Å². The van der Waals surface area contributed by atoms with Gasteiger partial charge in [-0.2, -0.15) is 4.31 Å². The molecule has 0 aromatic heterocycles. The second-order valence-electron chi connectivity index (χ2n) is 5.05. The normalized spacial score (nSPS) is 21.9. The monoisotopic (exact) mass is 295 g/mol. The van der Waals surface area contributed by atoms with E-state index in [1.165, 1.54) is 9.71 Å². The zero-order chi connectivity index (χ0) is 14.4. The second-order valence-corrected chi connectivity index (χ2v) is 6.83. The summed E-state index contributed by atoms with van der Waals surface area (Å²) in [5.41, 5.74) is 0.853. The van der Waals surface area contributed by atoms with Crippen molar-refractivity contribution in [1.29, 1.82) is 0 Å². The van der Waals surface area contributed by atoms with Crippen LogP contribution in [0.3, 0.4) is 0 Å². The lowest BCUT2D eigenvalue weighted by atomic mass is 10.1. The Morgan fingerprint density at radius 3 is 2.65 bits per heavy atom. The molecule has 1 aromatic rings. The van der Waals surface area contributed by atoms with E-state index in [0.717, 1.165) is 31.2 Å². The van der Waals surface area contributed by atoms with Crippen LogP contribution in [0.5, 0.6) is 0 Å². The number of benzene rings is 1. The quantitative estimate of drug-likeness (QED) is 0.926. The molecule has 0 radical (unpaired) electrons. The van der Waals surface area contributed by atoms with Crippen molar-refractivity contribution in [1.82, 2.24) is 4.31 Å². The molecule has 1 heterocycles. The average molecular weight is 295 g/mol. The molecule has 1 fully saturated rings. The van der Waals surface area contributed by atoms with Gasteiger partial charge < -0.3 is 5.11 Å².